The number of anilines is 3. The molecule has 0 unspecified atom stereocenters. The monoisotopic (exact) mass is 263 g/mol. The van der Waals surface area contributed by atoms with E-state index in [1.807, 2.05) is 26.0 Å². The summed E-state index contributed by atoms with van der Waals surface area (Å²) in [4.78, 5) is 8.07. The molecule has 0 saturated heterocycles. The molecule has 0 atom stereocenters. The minimum absolute atomic E-state index is 0.311. The fraction of sp³-hybridized carbons (Fsp3) is 0.167. The highest BCUT2D eigenvalue weighted by Crippen LogP contribution is 2.24. The minimum atomic E-state index is 0.311. The summed E-state index contributed by atoms with van der Waals surface area (Å²) >= 11 is 6.03. The third kappa shape index (κ3) is 2.88. The van der Waals surface area contributed by atoms with Crippen molar-refractivity contribution in [3.05, 3.63) is 40.5 Å². The Hall–Kier alpha value is -1.85. The summed E-state index contributed by atoms with van der Waals surface area (Å²) in [6.45, 7) is 4.07. The van der Waals surface area contributed by atoms with Crippen LogP contribution in [0.15, 0.2) is 24.4 Å². The zero-order valence-corrected chi connectivity index (χ0v) is 10.9. The number of halogens is 1. The van der Waals surface area contributed by atoms with Gasteiger partial charge in [-0.1, -0.05) is 17.7 Å². The molecule has 0 aliphatic heterocycles. The van der Waals surface area contributed by atoms with E-state index in [2.05, 4.69) is 26.8 Å². The quantitative estimate of drug-likeness (QED) is 0.586. The van der Waals surface area contributed by atoms with Crippen LogP contribution in [0.5, 0.6) is 0 Å². The van der Waals surface area contributed by atoms with Gasteiger partial charge in [0.2, 0.25) is 5.95 Å². The molecule has 2 aromatic rings. The maximum Gasteiger partial charge on any atom is 0.239 e. The van der Waals surface area contributed by atoms with Gasteiger partial charge in [0, 0.05) is 5.69 Å². The van der Waals surface area contributed by atoms with E-state index in [0.29, 0.717) is 16.8 Å². The fourth-order valence-corrected chi connectivity index (χ4v) is 1.85. The molecular weight excluding hydrogens is 250 g/mol. The van der Waals surface area contributed by atoms with Gasteiger partial charge in [0.1, 0.15) is 5.02 Å². The third-order valence-electron chi connectivity index (χ3n) is 2.36. The van der Waals surface area contributed by atoms with Crippen molar-refractivity contribution in [1.82, 2.24) is 9.97 Å². The van der Waals surface area contributed by atoms with Crippen molar-refractivity contribution >= 4 is 29.1 Å². The van der Waals surface area contributed by atoms with Crippen molar-refractivity contribution in [3.63, 3.8) is 0 Å². The number of hydrazine groups is 1. The number of nitrogens with two attached hydrogens (primary N) is 1. The number of nitrogens with zero attached hydrogens (tertiary/aromatic N) is 2. The molecule has 94 valence electrons. The summed E-state index contributed by atoms with van der Waals surface area (Å²) in [6, 6.07) is 6.13. The maximum atomic E-state index is 6.03. The van der Waals surface area contributed by atoms with E-state index < -0.39 is 0 Å². The van der Waals surface area contributed by atoms with Crippen LogP contribution in [0.3, 0.4) is 0 Å². The first kappa shape index (κ1) is 12.6. The van der Waals surface area contributed by atoms with Gasteiger partial charge in [-0.05, 0) is 37.1 Å². The van der Waals surface area contributed by atoms with Gasteiger partial charge in [0.05, 0.1) is 6.20 Å². The molecule has 5 nitrogen and oxygen atoms in total. The smallest absolute Gasteiger partial charge is 0.239 e. The molecule has 1 aromatic carbocycles. The highest BCUT2D eigenvalue weighted by molar-refractivity contribution is 6.32. The van der Waals surface area contributed by atoms with Crippen molar-refractivity contribution in [2.24, 2.45) is 5.84 Å². The van der Waals surface area contributed by atoms with E-state index in [4.69, 9.17) is 17.4 Å². The Morgan fingerprint density at radius 1 is 1.17 bits per heavy atom. The normalized spacial score (nSPS) is 10.2. The van der Waals surface area contributed by atoms with Crippen LogP contribution in [0.4, 0.5) is 17.5 Å². The Bertz CT molecular complexity index is 550. The second kappa shape index (κ2) is 5.20. The molecule has 0 amide bonds. The van der Waals surface area contributed by atoms with Crippen LogP contribution in [0, 0.1) is 13.8 Å². The van der Waals surface area contributed by atoms with Crippen LogP contribution >= 0.6 is 11.6 Å². The number of aromatic nitrogens is 2. The van der Waals surface area contributed by atoms with Crippen molar-refractivity contribution in [2.75, 3.05) is 10.7 Å². The molecule has 1 heterocycles. The molecule has 0 spiro atoms. The molecular formula is C12H14ClN5. The lowest BCUT2D eigenvalue weighted by atomic mass is 10.1. The Balaban J connectivity index is 2.33. The summed E-state index contributed by atoms with van der Waals surface area (Å²) in [5.41, 5.74) is 5.64. The summed E-state index contributed by atoms with van der Waals surface area (Å²) in [5.74, 6) is 6.09. The molecule has 0 fully saturated rings. The molecule has 0 radical (unpaired) electrons. The van der Waals surface area contributed by atoms with Crippen LogP contribution in [0.1, 0.15) is 11.1 Å². The van der Waals surface area contributed by atoms with Gasteiger partial charge in [-0.15, -0.1) is 0 Å². The molecule has 0 aliphatic carbocycles. The minimum Gasteiger partial charge on any atom is -0.339 e. The molecule has 0 saturated carbocycles. The molecule has 18 heavy (non-hydrogen) atoms. The lowest BCUT2D eigenvalue weighted by Gasteiger charge is -2.10. The number of hydrogen-bond acceptors (Lipinski definition) is 5. The van der Waals surface area contributed by atoms with Gasteiger partial charge >= 0.3 is 0 Å². The van der Waals surface area contributed by atoms with Crippen LogP contribution < -0.4 is 16.6 Å². The van der Waals surface area contributed by atoms with Crippen LogP contribution in [-0.4, -0.2) is 9.97 Å². The highest BCUT2D eigenvalue weighted by Gasteiger charge is 2.05. The van der Waals surface area contributed by atoms with Crippen molar-refractivity contribution in [1.29, 1.82) is 0 Å². The van der Waals surface area contributed by atoms with E-state index in [0.717, 1.165) is 5.69 Å². The number of rotatable bonds is 3. The SMILES string of the molecule is Cc1cc(C)cc(Nc2nc(NN)ncc2Cl)c1. The van der Waals surface area contributed by atoms with Gasteiger partial charge in [-0.3, -0.25) is 5.43 Å². The lowest BCUT2D eigenvalue weighted by molar-refractivity contribution is 1.12. The lowest BCUT2D eigenvalue weighted by Crippen LogP contribution is -2.11. The summed E-state index contributed by atoms with van der Waals surface area (Å²) < 4.78 is 0. The Morgan fingerprint density at radius 2 is 1.83 bits per heavy atom. The zero-order chi connectivity index (χ0) is 13.1. The largest absolute Gasteiger partial charge is 0.339 e. The second-order valence-electron chi connectivity index (χ2n) is 4.04. The average molecular weight is 264 g/mol. The third-order valence-corrected chi connectivity index (χ3v) is 2.63. The highest BCUT2D eigenvalue weighted by atomic mass is 35.5. The second-order valence-corrected chi connectivity index (χ2v) is 4.44. The van der Waals surface area contributed by atoms with Gasteiger partial charge in [0.25, 0.3) is 0 Å². The van der Waals surface area contributed by atoms with Gasteiger partial charge in [-0.25, -0.2) is 10.8 Å². The fourth-order valence-electron chi connectivity index (χ4n) is 1.71. The summed E-state index contributed by atoms with van der Waals surface area (Å²) in [6.07, 6.45) is 1.49. The topological polar surface area (TPSA) is 75.9 Å². The van der Waals surface area contributed by atoms with Gasteiger partial charge in [0.15, 0.2) is 5.82 Å². The number of nitrogens with one attached hydrogen (secondary N) is 2. The predicted molar refractivity (Wildman–Crippen MR) is 74.1 cm³/mol. The van der Waals surface area contributed by atoms with Crippen molar-refractivity contribution in [3.8, 4) is 0 Å². The first-order valence-corrected chi connectivity index (χ1v) is 5.81. The molecule has 2 rings (SSSR count). The zero-order valence-electron chi connectivity index (χ0n) is 10.2. The van der Waals surface area contributed by atoms with E-state index in [1.54, 1.807) is 0 Å². The Labute approximate surface area is 110 Å². The van der Waals surface area contributed by atoms with Crippen molar-refractivity contribution in [2.45, 2.75) is 13.8 Å². The average Bonchev–Trinajstić information content (AvgIpc) is 2.30. The first-order chi connectivity index (χ1) is 8.58. The van der Waals surface area contributed by atoms with E-state index in [9.17, 15) is 0 Å². The predicted octanol–water partition coefficient (Wildman–Crippen LogP) is 2.78. The summed E-state index contributed by atoms with van der Waals surface area (Å²) in [7, 11) is 0. The molecule has 1 aromatic heterocycles. The molecule has 6 heteroatoms. The van der Waals surface area contributed by atoms with E-state index >= 15 is 0 Å². The summed E-state index contributed by atoms with van der Waals surface area (Å²) in [5, 5.41) is 3.59. The van der Waals surface area contributed by atoms with Gasteiger partial charge in [-0.2, -0.15) is 4.98 Å². The number of hydrogen-bond donors (Lipinski definition) is 3. The Kier molecular flexibility index (Phi) is 3.64. The van der Waals surface area contributed by atoms with Gasteiger partial charge < -0.3 is 5.32 Å². The van der Waals surface area contributed by atoms with Crippen LogP contribution in [0.2, 0.25) is 5.02 Å². The first-order valence-electron chi connectivity index (χ1n) is 5.43. The van der Waals surface area contributed by atoms with E-state index in [1.165, 1.54) is 17.3 Å². The number of benzene rings is 1. The molecule has 4 N–H and O–H groups in total. The van der Waals surface area contributed by atoms with Crippen LogP contribution in [0.25, 0.3) is 0 Å². The number of nitrogen functional groups attached to an aromatic ring is 1. The maximum absolute atomic E-state index is 6.03. The van der Waals surface area contributed by atoms with E-state index in [-0.39, 0.29) is 0 Å². The Morgan fingerprint density at radius 3 is 2.44 bits per heavy atom. The molecule has 0 aliphatic rings. The van der Waals surface area contributed by atoms with Crippen LogP contribution in [-0.2, 0) is 0 Å². The molecule has 0 bridgehead atoms. The standard InChI is InChI=1S/C12H14ClN5/c1-7-3-8(2)5-9(4-7)16-11-10(13)6-15-12(17-11)18-14/h3-6H,14H2,1-2H3,(H2,15,16,17,18). The number of aryl methyl sites for hydroxylation is 2. The van der Waals surface area contributed by atoms with Crippen molar-refractivity contribution < 1.29 is 0 Å².